The standard InChI is InChI=1S/C33H26F5NO6S/c1-16-23(15-46-22-12-8-19(9-13-22)32(42)43)44-33(45-30(16)18-4-2-17(14-40)3-5-18)20-6-10-21(11-7-20)39-31(41)24-25(34)27(36)29(38)28(37)26(24)35/h2-13,16,23,30,33,40H,14-15H2,1H3,(H,39,41)(H,42,43)/t16-,23+,30+,33+/m1/s1. The van der Waals surface area contributed by atoms with Crippen LogP contribution in [0.4, 0.5) is 27.6 Å². The van der Waals surface area contributed by atoms with Crippen molar-refractivity contribution in [3.8, 4) is 0 Å². The van der Waals surface area contributed by atoms with Gasteiger partial charge in [-0.05, 0) is 47.5 Å². The second-order valence-corrected chi connectivity index (χ2v) is 11.6. The van der Waals surface area contributed by atoms with E-state index in [1.54, 1.807) is 24.3 Å². The highest BCUT2D eigenvalue weighted by atomic mass is 32.2. The van der Waals surface area contributed by atoms with E-state index in [1.807, 2.05) is 19.1 Å². The van der Waals surface area contributed by atoms with Crippen molar-refractivity contribution in [1.29, 1.82) is 0 Å². The summed E-state index contributed by atoms with van der Waals surface area (Å²) in [6, 6.07) is 19.5. The van der Waals surface area contributed by atoms with Gasteiger partial charge in [0.2, 0.25) is 5.82 Å². The molecule has 0 unspecified atom stereocenters. The predicted molar refractivity (Wildman–Crippen MR) is 158 cm³/mol. The second kappa shape index (κ2) is 14.0. The summed E-state index contributed by atoms with van der Waals surface area (Å²) in [6.45, 7) is 1.85. The molecule has 46 heavy (non-hydrogen) atoms. The average molecular weight is 660 g/mol. The van der Waals surface area contributed by atoms with E-state index in [9.17, 15) is 41.8 Å². The van der Waals surface area contributed by atoms with Crippen molar-refractivity contribution in [3.05, 3.63) is 130 Å². The van der Waals surface area contributed by atoms with Crippen LogP contribution in [0.3, 0.4) is 0 Å². The van der Waals surface area contributed by atoms with Gasteiger partial charge in [0.25, 0.3) is 5.91 Å². The minimum absolute atomic E-state index is 0.00919. The lowest BCUT2D eigenvalue weighted by atomic mass is 9.91. The summed E-state index contributed by atoms with van der Waals surface area (Å²) in [5.41, 5.74) is 0.639. The molecule has 1 heterocycles. The molecule has 4 aromatic carbocycles. The third-order valence-corrected chi connectivity index (χ3v) is 8.62. The van der Waals surface area contributed by atoms with Crippen molar-refractivity contribution in [2.75, 3.05) is 11.1 Å². The zero-order valence-electron chi connectivity index (χ0n) is 24.0. The number of aliphatic hydroxyl groups excluding tert-OH is 1. The number of aromatic carboxylic acids is 1. The number of hydrogen-bond donors (Lipinski definition) is 3. The largest absolute Gasteiger partial charge is 0.478 e. The molecule has 13 heteroatoms. The van der Waals surface area contributed by atoms with E-state index in [4.69, 9.17) is 9.47 Å². The number of benzene rings is 4. The predicted octanol–water partition coefficient (Wildman–Crippen LogP) is 7.41. The van der Waals surface area contributed by atoms with Crippen LogP contribution in [0.2, 0.25) is 0 Å². The van der Waals surface area contributed by atoms with E-state index < -0.39 is 58.9 Å². The highest BCUT2D eigenvalue weighted by molar-refractivity contribution is 7.99. The third kappa shape index (κ3) is 6.92. The molecule has 0 aromatic heterocycles. The molecule has 240 valence electrons. The summed E-state index contributed by atoms with van der Waals surface area (Å²) in [5.74, 6) is -13.5. The van der Waals surface area contributed by atoms with Crippen molar-refractivity contribution in [1.82, 2.24) is 0 Å². The van der Waals surface area contributed by atoms with Crippen LogP contribution in [0.25, 0.3) is 0 Å². The first kappa shape index (κ1) is 33.1. The number of ether oxygens (including phenoxy) is 2. The molecule has 3 N–H and O–H groups in total. The molecule has 0 saturated carbocycles. The highest BCUT2D eigenvalue weighted by Crippen LogP contribution is 2.43. The van der Waals surface area contributed by atoms with E-state index in [0.29, 0.717) is 11.3 Å². The number of carboxylic acids is 1. The molecule has 1 amide bonds. The normalized spacial score (nSPS) is 19.5. The minimum Gasteiger partial charge on any atom is -0.478 e. The van der Waals surface area contributed by atoms with Crippen molar-refractivity contribution in [2.45, 2.75) is 36.9 Å². The van der Waals surface area contributed by atoms with Crippen LogP contribution < -0.4 is 5.32 Å². The first-order valence-corrected chi connectivity index (χ1v) is 14.9. The van der Waals surface area contributed by atoms with E-state index in [1.165, 1.54) is 48.2 Å². The molecule has 1 aliphatic heterocycles. The van der Waals surface area contributed by atoms with Gasteiger partial charge in [0.05, 0.1) is 24.4 Å². The highest BCUT2D eigenvalue weighted by Gasteiger charge is 2.38. The number of carboxylic acid groups (broad SMARTS) is 1. The number of thioether (sulfide) groups is 1. The average Bonchev–Trinajstić information content (AvgIpc) is 3.06. The van der Waals surface area contributed by atoms with Gasteiger partial charge in [-0.25, -0.2) is 26.7 Å². The monoisotopic (exact) mass is 659 g/mol. The fourth-order valence-electron chi connectivity index (χ4n) is 4.90. The Bertz CT molecular complexity index is 1710. The Morgan fingerprint density at radius 2 is 1.35 bits per heavy atom. The lowest BCUT2D eigenvalue weighted by Crippen LogP contribution is -2.38. The zero-order valence-corrected chi connectivity index (χ0v) is 24.8. The Morgan fingerprint density at radius 1 is 0.783 bits per heavy atom. The minimum atomic E-state index is -2.37. The SMILES string of the molecule is C[C@@H]1[C@H](CSc2ccc(C(=O)O)cc2)O[C@H](c2ccc(NC(=O)c3c(F)c(F)c(F)c(F)c3F)cc2)O[C@@H]1c1ccc(CO)cc1. The van der Waals surface area contributed by atoms with Crippen molar-refractivity contribution >= 4 is 29.3 Å². The van der Waals surface area contributed by atoms with Crippen molar-refractivity contribution < 1.29 is 51.2 Å². The molecule has 1 aliphatic rings. The topological polar surface area (TPSA) is 105 Å². The number of amides is 1. The molecule has 0 radical (unpaired) electrons. The molecule has 0 bridgehead atoms. The Hall–Kier alpha value is -4.30. The maximum Gasteiger partial charge on any atom is 0.335 e. The van der Waals surface area contributed by atoms with E-state index in [2.05, 4.69) is 5.32 Å². The lowest BCUT2D eigenvalue weighted by Gasteiger charge is -2.41. The third-order valence-electron chi connectivity index (χ3n) is 7.52. The number of anilines is 1. The molecule has 0 spiro atoms. The molecular weight excluding hydrogens is 633 g/mol. The first-order valence-electron chi connectivity index (χ1n) is 13.9. The maximum atomic E-state index is 14.1. The molecule has 4 aromatic rings. The molecule has 1 saturated heterocycles. The van der Waals surface area contributed by atoms with Gasteiger partial charge in [-0.15, -0.1) is 11.8 Å². The lowest BCUT2D eigenvalue weighted by molar-refractivity contribution is -0.268. The van der Waals surface area contributed by atoms with E-state index >= 15 is 0 Å². The van der Waals surface area contributed by atoms with Crippen molar-refractivity contribution in [2.24, 2.45) is 5.92 Å². The van der Waals surface area contributed by atoms with Crippen molar-refractivity contribution in [3.63, 3.8) is 0 Å². The van der Waals surface area contributed by atoms with Crippen LogP contribution in [0.5, 0.6) is 0 Å². The smallest absolute Gasteiger partial charge is 0.335 e. The first-order chi connectivity index (χ1) is 22.0. The summed E-state index contributed by atoms with van der Waals surface area (Å²) >= 11 is 1.47. The maximum absolute atomic E-state index is 14.1. The van der Waals surface area contributed by atoms with Gasteiger partial charge in [0.1, 0.15) is 5.56 Å². The molecule has 5 rings (SSSR count). The van der Waals surface area contributed by atoms with Crippen LogP contribution in [-0.2, 0) is 16.1 Å². The molecule has 0 aliphatic carbocycles. The van der Waals surface area contributed by atoms with Gasteiger partial charge in [-0.3, -0.25) is 4.79 Å². The summed E-state index contributed by atoms with van der Waals surface area (Å²) in [6.07, 6.45) is -1.71. The quantitative estimate of drug-likeness (QED) is 0.0744. The number of aliphatic hydroxyl groups is 1. The Balaban J connectivity index is 1.36. The van der Waals surface area contributed by atoms with Gasteiger partial charge in [0, 0.05) is 27.8 Å². The molecule has 1 fully saturated rings. The number of carbonyl (C=O) groups excluding carboxylic acids is 1. The molecular formula is C33H26F5NO6S. The summed E-state index contributed by atoms with van der Waals surface area (Å²) in [5, 5.41) is 20.8. The van der Waals surface area contributed by atoms with Crippen LogP contribution in [0.15, 0.2) is 77.7 Å². The zero-order chi connectivity index (χ0) is 33.1. The molecule has 7 nitrogen and oxygen atoms in total. The number of halogens is 5. The Kier molecular flexibility index (Phi) is 10.1. The van der Waals surface area contributed by atoms with E-state index in [0.717, 1.165) is 16.0 Å². The fraction of sp³-hybridized carbons (Fsp3) is 0.212. The van der Waals surface area contributed by atoms with Gasteiger partial charge in [-0.1, -0.05) is 43.3 Å². The van der Waals surface area contributed by atoms with Crippen LogP contribution in [-0.4, -0.2) is 33.9 Å². The van der Waals surface area contributed by atoms with Crippen LogP contribution >= 0.6 is 11.8 Å². The Morgan fingerprint density at radius 3 is 1.91 bits per heavy atom. The number of rotatable bonds is 9. The summed E-state index contributed by atoms with van der Waals surface area (Å²) in [4.78, 5) is 24.5. The number of nitrogens with one attached hydrogen (secondary N) is 1. The Labute approximate surface area is 264 Å². The number of carbonyl (C=O) groups is 2. The van der Waals surface area contributed by atoms with Gasteiger partial charge < -0.3 is 25.0 Å². The van der Waals surface area contributed by atoms with Crippen LogP contribution in [0.1, 0.15) is 56.7 Å². The van der Waals surface area contributed by atoms with Gasteiger partial charge in [-0.2, -0.15) is 0 Å². The fourth-order valence-corrected chi connectivity index (χ4v) is 5.97. The molecule has 4 atom stereocenters. The number of hydrogen-bond acceptors (Lipinski definition) is 6. The van der Waals surface area contributed by atoms with E-state index in [-0.39, 0.29) is 29.9 Å². The van der Waals surface area contributed by atoms with Crippen LogP contribution in [0, 0.1) is 35.0 Å². The second-order valence-electron chi connectivity index (χ2n) is 10.5. The van der Waals surface area contributed by atoms with Gasteiger partial charge >= 0.3 is 5.97 Å². The summed E-state index contributed by atoms with van der Waals surface area (Å²) < 4.78 is 81.5. The summed E-state index contributed by atoms with van der Waals surface area (Å²) in [7, 11) is 0. The van der Waals surface area contributed by atoms with Gasteiger partial charge in [0.15, 0.2) is 29.6 Å².